The maximum atomic E-state index is 12.1. The van der Waals surface area contributed by atoms with Gasteiger partial charge in [0.25, 0.3) is 5.69 Å². The summed E-state index contributed by atoms with van der Waals surface area (Å²) < 4.78 is 5.50. The van der Waals surface area contributed by atoms with Gasteiger partial charge in [0.1, 0.15) is 5.75 Å². The molecule has 0 bridgehead atoms. The monoisotopic (exact) mass is 356 g/mol. The van der Waals surface area contributed by atoms with Crippen molar-refractivity contribution >= 4 is 23.6 Å². The molecule has 2 aromatic rings. The predicted octanol–water partition coefficient (Wildman–Crippen LogP) is 3.62. The van der Waals surface area contributed by atoms with Crippen molar-refractivity contribution in [2.45, 2.75) is 19.3 Å². The first kappa shape index (κ1) is 19.1. The third-order valence-electron chi connectivity index (χ3n) is 3.89. The Labute approximate surface area is 151 Å². The summed E-state index contributed by atoms with van der Waals surface area (Å²) in [5.74, 6) is 0.417. The van der Waals surface area contributed by atoms with Crippen LogP contribution >= 0.6 is 0 Å². The van der Waals surface area contributed by atoms with E-state index in [-0.39, 0.29) is 17.2 Å². The third kappa shape index (κ3) is 5.14. The number of hydrogen-bond acceptors (Lipinski definition) is 5. The first-order valence-electron chi connectivity index (χ1n) is 8.21. The van der Waals surface area contributed by atoms with Crippen molar-refractivity contribution in [2.24, 2.45) is 0 Å². The van der Waals surface area contributed by atoms with Crippen LogP contribution in [-0.4, -0.2) is 30.8 Å². The minimum Gasteiger partial charge on any atom is -0.494 e. The fourth-order valence-corrected chi connectivity index (χ4v) is 2.41. The van der Waals surface area contributed by atoms with Crippen molar-refractivity contribution in [1.29, 1.82) is 0 Å². The molecular formula is C19H20N2O5. The van der Waals surface area contributed by atoms with E-state index in [0.29, 0.717) is 37.9 Å². The van der Waals surface area contributed by atoms with Crippen LogP contribution < -0.4 is 9.64 Å². The SMILES string of the molecule is CN(C(=O)CCCCOc1ccc([N+](=O)[O-])c(C=O)c1)c1ccccc1. The normalized spacial score (nSPS) is 10.2. The lowest BCUT2D eigenvalue weighted by molar-refractivity contribution is -0.385. The van der Waals surface area contributed by atoms with Gasteiger partial charge in [0.2, 0.25) is 5.91 Å². The van der Waals surface area contributed by atoms with Crippen LogP contribution in [0.2, 0.25) is 0 Å². The number of carbonyl (C=O) groups excluding carboxylic acids is 2. The minimum atomic E-state index is -0.609. The highest BCUT2D eigenvalue weighted by molar-refractivity contribution is 5.92. The Morgan fingerprint density at radius 2 is 1.92 bits per heavy atom. The van der Waals surface area contributed by atoms with Gasteiger partial charge in [-0.25, -0.2) is 0 Å². The molecule has 2 rings (SSSR count). The number of nitro benzene ring substituents is 1. The first-order chi connectivity index (χ1) is 12.5. The van der Waals surface area contributed by atoms with Crippen LogP contribution in [0.25, 0.3) is 0 Å². The van der Waals surface area contributed by atoms with E-state index in [0.717, 1.165) is 5.69 Å². The standard InChI is InChI=1S/C19H20N2O5/c1-20(16-7-3-2-4-8-16)19(23)9-5-6-12-26-17-10-11-18(21(24)25)15(13-17)14-22/h2-4,7-8,10-11,13-14H,5-6,9,12H2,1H3. The van der Waals surface area contributed by atoms with Gasteiger partial charge in [-0.1, -0.05) is 18.2 Å². The summed E-state index contributed by atoms with van der Waals surface area (Å²) in [5, 5.41) is 10.8. The van der Waals surface area contributed by atoms with Crippen molar-refractivity contribution in [3.8, 4) is 5.75 Å². The Morgan fingerprint density at radius 3 is 2.58 bits per heavy atom. The summed E-state index contributed by atoms with van der Waals surface area (Å²) in [6, 6.07) is 13.5. The van der Waals surface area contributed by atoms with Gasteiger partial charge >= 0.3 is 0 Å². The molecule has 0 unspecified atom stereocenters. The van der Waals surface area contributed by atoms with Crippen molar-refractivity contribution in [2.75, 3.05) is 18.6 Å². The third-order valence-corrected chi connectivity index (χ3v) is 3.89. The molecule has 0 aliphatic carbocycles. The van der Waals surface area contributed by atoms with Crippen LogP contribution in [0.1, 0.15) is 29.6 Å². The number of carbonyl (C=O) groups is 2. The Kier molecular flexibility index (Phi) is 6.84. The molecule has 0 heterocycles. The van der Waals surface area contributed by atoms with E-state index >= 15 is 0 Å². The fraction of sp³-hybridized carbons (Fsp3) is 0.263. The smallest absolute Gasteiger partial charge is 0.280 e. The van der Waals surface area contributed by atoms with Crippen LogP contribution in [0, 0.1) is 10.1 Å². The Balaban J connectivity index is 1.76. The quantitative estimate of drug-likeness (QED) is 0.296. The number of amides is 1. The van der Waals surface area contributed by atoms with Gasteiger partial charge in [-0.05, 0) is 37.1 Å². The highest BCUT2D eigenvalue weighted by Crippen LogP contribution is 2.23. The number of rotatable bonds is 9. The number of unbranched alkanes of at least 4 members (excludes halogenated alkanes) is 1. The molecule has 1 amide bonds. The average molecular weight is 356 g/mol. The number of ether oxygens (including phenoxy) is 1. The molecular weight excluding hydrogens is 336 g/mol. The molecule has 0 saturated heterocycles. The summed E-state index contributed by atoms with van der Waals surface area (Å²) in [6.45, 7) is 0.360. The van der Waals surface area contributed by atoms with Crippen molar-refractivity contribution < 1.29 is 19.2 Å². The van der Waals surface area contributed by atoms with Crippen molar-refractivity contribution in [3.63, 3.8) is 0 Å². The number of aldehydes is 1. The molecule has 0 aromatic heterocycles. The van der Waals surface area contributed by atoms with Gasteiger partial charge in [0.05, 0.1) is 17.1 Å². The van der Waals surface area contributed by atoms with Gasteiger partial charge in [-0.15, -0.1) is 0 Å². The van der Waals surface area contributed by atoms with E-state index in [4.69, 9.17) is 4.74 Å². The second-order valence-electron chi connectivity index (χ2n) is 5.69. The van der Waals surface area contributed by atoms with Gasteiger partial charge < -0.3 is 9.64 Å². The maximum Gasteiger partial charge on any atom is 0.280 e. The lowest BCUT2D eigenvalue weighted by Crippen LogP contribution is -2.25. The summed E-state index contributed by atoms with van der Waals surface area (Å²) in [4.78, 5) is 34.9. The molecule has 0 atom stereocenters. The zero-order valence-electron chi connectivity index (χ0n) is 14.5. The maximum absolute atomic E-state index is 12.1. The van der Waals surface area contributed by atoms with Gasteiger partial charge in [-0.3, -0.25) is 19.7 Å². The van der Waals surface area contributed by atoms with E-state index in [9.17, 15) is 19.7 Å². The van der Waals surface area contributed by atoms with Gasteiger partial charge in [-0.2, -0.15) is 0 Å². The molecule has 0 aliphatic rings. The zero-order valence-corrected chi connectivity index (χ0v) is 14.5. The number of benzene rings is 2. The van der Waals surface area contributed by atoms with Gasteiger partial charge in [0.15, 0.2) is 6.29 Å². The van der Waals surface area contributed by atoms with Crippen LogP contribution in [0.3, 0.4) is 0 Å². The molecule has 2 aromatic carbocycles. The minimum absolute atomic E-state index is 0.0211. The van der Waals surface area contributed by atoms with E-state index < -0.39 is 4.92 Å². The Bertz CT molecular complexity index is 777. The summed E-state index contributed by atoms with van der Waals surface area (Å²) in [6.07, 6.45) is 2.14. The van der Waals surface area contributed by atoms with Crippen molar-refractivity contribution in [1.82, 2.24) is 0 Å². The number of anilines is 1. The lowest BCUT2D eigenvalue weighted by atomic mass is 10.2. The fourth-order valence-electron chi connectivity index (χ4n) is 2.41. The summed E-state index contributed by atoms with van der Waals surface area (Å²) in [7, 11) is 1.74. The van der Waals surface area contributed by atoms with Crippen LogP contribution in [0.4, 0.5) is 11.4 Å². The number of nitrogens with zero attached hydrogens (tertiary/aromatic N) is 2. The van der Waals surface area contributed by atoms with E-state index in [2.05, 4.69) is 0 Å². The second kappa shape index (κ2) is 9.31. The molecule has 26 heavy (non-hydrogen) atoms. The molecule has 136 valence electrons. The topological polar surface area (TPSA) is 89.8 Å². The number of para-hydroxylation sites is 1. The summed E-state index contributed by atoms with van der Waals surface area (Å²) in [5.41, 5.74) is 0.579. The molecule has 0 aliphatic heterocycles. The van der Waals surface area contributed by atoms with E-state index in [1.807, 2.05) is 30.3 Å². The number of nitro groups is 1. The zero-order chi connectivity index (χ0) is 18.9. The molecule has 0 N–H and O–H groups in total. The van der Waals surface area contributed by atoms with E-state index in [1.54, 1.807) is 11.9 Å². The predicted molar refractivity (Wildman–Crippen MR) is 97.7 cm³/mol. The molecule has 0 radical (unpaired) electrons. The molecule has 0 spiro atoms. The molecule has 0 fully saturated rings. The Hall–Kier alpha value is -3.22. The van der Waals surface area contributed by atoms with Crippen LogP contribution in [0.15, 0.2) is 48.5 Å². The van der Waals surface area contributed by atoms with Crippen molar-refractivity contribution in [3.05, 3.63) is 64.2 Å². The lowest BCUT2D eigenvalue weighted by Gasteiger charge is -2.17. The average Bonchev–Trinajstić information content (AvgIpc) is 2.67. The first-order valence-corrected chi connectivity index (χ1v) is 8.21. The van der Waals surface area contributed by atoms with Crippen LogP contribution in [0.5, 0.6) is 5.75 Å². The van der Waals surface area contributed by atoms with E-state index in [1.165, 1.54) is 18.2 Å². The second-order valence-corrected chi connectivity index (χ2v) is 5.69. The largest absolute Gasteiger partial charge is 0.494 e. The molecule has 0 saturated carbocycles. The van der Waals surface area contributed by atoms with Crippen LogP contribution in [-0.2, 0) is 4.79 Å². The number of hydrogen-bond donors (Lipinski definition) is 0. The molecule has 7 heteroatoms. The highest BCUT2D eigenvalue weighted by Gasteiger charge is 2.14. The molecule has 7 nitrogen and oxygen atoms in total. The highest BCUT2D eigenvalue weighted by atomic mass is 16.6. The Morgan fingerprint density at radius 1 is 1.19 bits per heavy atom. The summed E-state index contributed by atoms with van der Waals surface area (Å²) >= 11 is 0. The van der Waals surface area contributed by atoms with Gasteiger partial charge in [0, 0.05) is 25.2 Å².